The van der Waals surface area contributed by atoms with Crippen LogP contribution in [0, 0.1) is 13.8 Å². The fourth-order valence-corrected chi connectivity index (χ4v) is 3.14. The number of H-pyrrole nitrogens is 1. The number of hydrogen-bond donors (Lipinski definition) is 4. The molecule has 0 bridgehead atoms. The minimum atomic E-state index is -0.673. The molecule has 0 radical (unpaired) electrons. The number of hydrogen-bond acceptors (Lipinski definition) is 5. The van der Waals surface area contributed by atoms with Crippen LogP contribution in [0.1, 0.15) is 49.4 Å². The van der Waals surface area contributed by atoms with Crippen molar-refractivity contribution in [1.29, 1.82) is 0 Å². The number of rotatable bonds is 4. The SMILES string of the molecule is CCOC(=O)c1c(C)[nH]c(C(=O)NNC(=O)c2cc3ccccc3cc2O)c1C. The lowest BCUT2D eigenvalue weighted by atomic mass is 10.1. The van der Waals surface area contributed by atoms with Gasteiger partial charge >= 0.3 is 5.97 Å². The first-order chi connectivity index (χ1) is 13.8. The third-order valence-electron chi connectivity index (χ3n) is 4.54. The molecule has 4 N–H and O–H groups in total. The van der Waals surface area contributed by atoms with Gasteiger partial charge in [-0.2, -0.15) is 0 Å². The van der Waals surface area contributed by atoms with Gasteiger partial charge in [-0.05, 0) is 49.2 Å². The molecule has 1 heterocycles. The summed E-state index contributed by atoms with van der Waals surface area (Å²) in [5, 5.41) is 11.7. The molecule has 29 heavy (non-hydrogen) atoms. The Balaban J connectivity index is 1.76. The van der Waals surface area contributed by atoms with Crippen LogP contribution < -0.4 is 10.9 Å². The molecule has 8 heteroatoms. The van der Waals surface area contributed by atoms with Gasteiger partial charge in [0.15, 0.2) is 0 Å². The fraction of sp³-hybridized carbons (Fsp3) is 0.190. The number of aromatic hydroxyl groups is 1. The molecular formula is C21H21N3O5. The second-order valence-electron chi connectivity index (χ2n) is 6.47. The number of phenolic OH excluding ortho intramolecular Hbond substituents is 1. The summed E-state index contributed by atoms with van der Waals surface area (Å²) in [4.78, 5) is 39.8. The van der Waals surface area contributed by atoms with E-state index in [2.05, 4.69) is 15.8 Å². The number of fused-ring (bicyclic) bond motifs is 1. The van der Waals surface area contributed by atoms with Gasteiger partial charge in [0.1, 0.15) is 11.4 Å². The van der Waals surface area contributed by atoms with E-state index >= 15 is 0 Å². The lowest BCUT2D eigenvalue weighted by Crippen LogP contribution is -2.42. The minimum absolute atomic E-state index is 0.0237. The zero-order chi connectivity index (χ0) is 21.1. The first-order valence-electron chi connectivity index (χ1n) is 9.02. The Morgan fingerprint density at radius 2 is 1.66 bits per heavy atom. The normalized spacial score (nSPS) is 10.6. The van der Waals surface area contributed by atoms with Crippen molar-refractivity contribution in [2.75, 3.05) is 6.61 Å². The number of hydrazine groups is 1. The Bertz CT molecular complexity index is 1120. The Kier molecular flexibility index (Phi) is 5.54. The molecule has 0 fully saturated rings. The Morgan fingerprint density at radius 3 is 2.31 bits per heavy atom. The van der Waals surface area contributed by atoms with Crippen LogP contribution in [-0.2, 0) is 4.74 Å². The van der Waals surface area contributed by atoms with Crippen LogP contribution in [0.25, 0.3) is 10.8 Å². The van der Waals surface area contributed by atoms with Crippen LogP contribution in [0.3, 0.4) is 0 Å². The molecule has 0 saturated carbocycles. The third-order valence-corrected chi connectivity index (χ3v) is 4.54. The van der Waals surface area contributed by atoms with Gasteiger partial charge in [0, 0.05) is 5.69 Å². The van der Waals surface area contributed by atoms with Gasteiger partial charge in [-0.1, -0.05) is 24.3 Å². The van der Waals surface area contributed by atoms with Crippen molar-refractivity contribution < 1.29 is 24.2 Å². The summed E-state index contributed by atoms with van der Waals surface area (Å²) in [5.74, 6) is -2.03. The monoisotopic (exact) mass is 395 g/mol. The van der Waals surface area contributed by atoms with Crippen molar-refractivity contribution in [3.05, 3.63) is 64.5 Å². The zero-order valence-corrected chi connectivity index (χ0v) is 16.3. The first-order valence-corrected chi connectivity index (χ1v) is 9.02. The maximum absolute atomic E-state index is 12.5. The van der Waals surface area contributed by atoms with E-state index in [-0.39, 0.29) is 29.2 Å². The number of carbonyl (C=O) groups excluding carboxylic acids is 3. The average molecular weight is 395 g/mol. The summed E-state index contributed by atoms with van der Waals surface area (Å²) in [7, 11) is 0. The summed E-state index contributed by atoms with van der Waals surface area (Å²) in [6.45, 7) is 5.18. The molecule has 0 aliphatic rings. The molecule has 3 rings (SSSR count). The Hall–Kier alpha value is -3.81. The van der Waals surface area contributed by atoms with E-state index in [4.69, 9.17) is 4.74 Å². The summed E-state index contributed by atoms with van der Waals surface area (Å²) in [6, 6.07) is 10.3. The standard InChI is InChI=1S/C21H21N3O5/c1-4-29-21(28)17-11(2)18(22-12(17)3)20(27)24-23-19(26)15-9-13-7-5-6-8-14(13)10-16(15)25/h5-10,22,25H,4H2,1-3H3,(H,23,26)(H,24,27). The molecule has 2 aromatic carbocycles. The van der Waals surface area contributed by atoms with Gasteiger partial charge in [0.25, 0.3) is 11.8 Å². The number of amides is 2. The molecule has 2 amide bonds. The van der Waals surface area contributed by atoms with Gasteiger partial charge in [-0.3, -0.25) is 20.4 Å². The highest BCUT2D eigenvalue weighted by molar-refractivity contribution is 6.04. The van der Waals surface area contributed by atoms with E-state index < -0.39 is 17.8 Å². The number of aromatic amines is 1. The smallest absolute Gasteiger partial charge is 0.340 e. The Morgan fingerprint density at radius 1 is 1.03 bits per heavy atom. The van der Waals surface area contributed by atoms with Crippen LogP contribution in [0.2, 0.25) is 0 Å². The van der Waals surface area contributed by atoms with E-state index in [1.165, 1.54) is 12.1 Å². The number of carbonyl (C=O) groups is 3. The van der Waals surface area contributed by atoms with Crippen molar-refractivity contribution >= 4 is 28.6 Å². The quantitative estimate of drug-likeness (QED) is 0.400. The maximum Gasteiger partial charge on any atom is 0.340 e. The molecule has 3 aromatic rings. The summed E-state index contributed by atoms with van der Waals surface area (Å²) < 4.78 is 5.00. The van der Waals surface area contributed by atoms with Gasteiger partial charge < -0.3 is 14.8 Å². The van der Waals surface area contributed by atoms with Crippen molar-refractivity contribution in [2.24, 2.45) is 0 Å². The van der Waals surface area contributed by atoms with Crippen molar-refractivity contribution in [1.82, 2.24) is 15.8 Å². The number of nitrogens with one attached hydrogen (secondary N) is 3. The van der Waals surface area contributed by atoms with E-state index in [0.29, 0.717) is 11.3 Å². The third kappa shape index (κ3) is 3.91. The second-order valence-corrected chi connectivity index (χ2v) is 6.47. The predicted octanol–water partition coefficient (Wildman–Crippen LogP) is 2.74. The van der Waals surface area contributed by atoms with Crippen molar-refractivity contribution in [3.63, 3.8) is 0 Å². The van der Waals surface area contributed by atoms with E-state index in [0.717, 1.165) is 10.8 Å². The highest BCUT2D eigenvalue weighted by Gasteiger charge is 2.23. The largest absolute Gasteiger partial charge is 0.507 e. The number of aryl methyl sites for hydroxylation is 1. The predicted molar refractivity (Wildman–Crippen MR) is 107 cm³/mol. The van der Waals surface area contributed by atoms with Gasteiger partial charge in [-0.25, -0.2) is 4.79 Å². The Labute approximate surface area is 166 Å². The molecule has 0 unspecified atom stereocenters. The molecule has 1 aromatic heterocycles. The molecule has 8 nitrogen and oxygen atoms in total. The summed E-state index contributed by atoms with van der Waals surface area (Å²) >= 11 is 0. The van der Waals surface area contributed by atoms with Crippen molar-refractivity contribution in [2.45, 2.75) is 20.8 Å². The molecular weight excluding hydrogens is 374 g/mol. The number of benzene rings is 2. The highest BCUT2D eigenvalue weighted by atomic mass is 16.5. The van der Waals surface area contributed by atoms with Crippen LogP contribution in [0.15, 0.2) is 36.4 Å². The highest BCUT2D eigenvalue weighted by Crippen LogP contribution is 2.25. The first kappa shape index (κ1) is 19.9. The van der Waals surface area contributed by atoms with E-state index in [1.54, 1.807) is 20.8 Å². The van der Waals surface area contributed by atoms with Crippen LogP contribution in [0.5, 0.6) is 5.75 Å². The lowest BCUT2D eigenvalue weighted by molar-refractivity contribution is 0.0524. The maximum atomic E-state index is 12.5. The van der Waals surface area contributed by atoms with Crippen molar-refractivity contribution in [3.8, 4) is 5.75 Å². The van der Waals surface area contributed by atoms with Gasteiger partial charge in [0.05, 0.1) is 17.7 Å². The van der Waals surface area contributed by atoms with Gasteiger partial charge in [-0.15, -0.1) is 0 Å². The van der Waals surface area contributed by atoms with Crippen LogP contribution in [-0.4, -0.2) is 34.5 Å². The van der Waals surface area contributed by atoms with Crippen LogP contribution >= 0.6 is 0 Å². The molecule has 0 spiro atoms. The van der Waals surface area contributed by atoms with Crippen LogP contribution in [0.4, 0.5) is 0 Å². The molecule has 0 atom stereocenters. The number of ether oxygens (including phenoxy) is 1. The number of esters is 1. The zero-order valence-electron chi connectivity index (χ0n) is 16.3. The fourth-order valence-electron chi connectivity index (χ4n) is 3.14. The van der Waals surface area contributed by atoms with E-state index in [1.807, 2.05) is 24.3 Å². The number of phenols is 1. The molecule has 0 aliphatic carbocycles. The van der Waals surface area contributed by atoms with E-state index in [9.17, 15) is 19.5 Å². The number of aromatic nitrogens is 1. The second kappa shape index (κ2) is 8.05. The lowest BCUT2D eigenvalue weighted by Gasteiger charge is -2.10. The van der Waals surface area contributed by atoms with Gasteiger partial charge in [0.2, 0.25) is 0 Å². The molecule has 150 valence electrons. The summed E-state index contributed by atoms with van der Waals surface area (Å²) in [5.41, 5.74) is 5.92. The summed E-state index contributed by atoms with van der Waals surface area (Å²) in [6.07, 6.45) is 0. The molecule has 0 aliphatic heterocycles. The topological polar surface area (TPSA) is 121 Å². The minimum Gasteiger partial charge on any atom is -0.507 e. The molecule has 0 saturated heterocycles. The average Bonchev–Trinajstić information content (AvgIpc) is 2.99.